The van der Waals surface area contributed by atoms with Gasteiger partial charge in [0.05, 0.1) is 0 Å². The van der Waals surface area contributed by atoms with Crippen LogP contribution < -0.4 is 11.1 Å². The van der Waals surface area contributed by atoms with Gasteiger partial charge in [0.15, 0.2) is 5.84 Å². The number of hydrogen-bond acceptors (Lipinski definition) is 3. The summed E-state index contributed by atoms with van der Waals surface area (Å²) in [7, 11) is 0. The Morgan fingerprint density at radius 3 is 2.56 bits per heavy atom. The second kappa shape index (κ2) is 4.14. The highest BCUT2D eigenvalue weighted by Crippen LogP contribution is 2.46. The van der Waals surface area contributed by atoms with Crippen molar-refractivity contribution in [1.29, 1.82) is 0 Å². The molecule has 0 aliphatic heterocycles. The van der Waals surface area contributed by atoms with Crippen molar-refractivity contribution < 1.29 is 10.0 Å². The van der Waals surface area contributed by atoms with Crippen LogP contribution >= 0.6 is 0 Å². The molecule has 3 rings (SSSR count). The summed E-state index contributed by atoms with van der Waals surface area (Å²) in [5, 5.41) is 15.1. The third-order valence-corrected chi connectivity index (χ3v) is 5.29. The lowest BCUT2D eigenvalue weighted by Crippen LogP contribution is -2.56. The molecule has 4 N–H and O–H groups in total. The lowest BCUT2D eigenvalue weighted by molar-refractivity contribution is -0.132. The van der Waals surface area contributed by atoms with Gasteiger partial charge in [-0.2, -0.15) is 0 Å². The lowest BCUT2D eigenvalue weighted by Gasteiger charge is -2.40. The minimum absolute atomic E-state index is 0.0263. The van der Waals surface area contributed by atoms with Crippen LogP contribution in [0, 0.1) is 17.3 Å². The quantitative estimate of drug-likeness (QED) is 0.305. The number of nitrogens with two attached hydrogens (primary N) is 1. The van der Waals surface area contributed by atoms with E-state index in [0.717, 1.165) is 18.8 Å². The number of amides is 1. The average Bonchev–Trinajstić information content (AvgIpc) is 2.89. The van der Waals surface area contributed by atoms with Gasteiger partial charge in [0.2, 0.25) is 5.91 Å². The Hall–Kier alpha value is -1.26. The highest BCUT2D eigenvalue weighted by Gasteiger charge is 2.50. The minimum atomic E-state index is -0.726. The number of carbonyl (C=O) groups is 1. The van der Waals surface area contributed by atoms with Gasteiger partial charge in [-0.05, 0) is 43.9 Å². The summed E-state index contributed by atoms with van der Waals surface area (Å²) in [4.78, 5) is 12.4. The summed E-state index contributed by atoms with van der Waals surface area (Å²) in [6.07, 6.45) is 7.32. The minimum Gasteiger partial charge on any atom is -0.409 e. The smallest absolute Gasteiger partial charge is 0.234 e. The third kappa shape index (κ3) is 1.60. The monoisotopic (exact) mass is 251 g/mol. The number of rotatable bonds is 3. The van der Waals surface area contributed by atoms with E-state index in [1.807, 2.05) is 0 Å². The van der Waals surface area contributed by atoms with E-state index in [4.69, 9.17) is 10.9 Å². The first-order chi connectivity index (χ1) is 8.65. The molecule has 18 heavy (non-hydrogen) atoms. The number of hydrogen-bond donors (Lipinski definition) is 3. The van der Waals surface area contributed by atoms with Gasteiger partial charge < -0.3 is 16.3 Å². The molecule has 0 spiro atoms. The Bertz CT molecular complexity index is 390. The summed E-state index contributed by atoms with van der Waals surface area (Å²) < 4.78 is 0. The second-order valence-corrected chi connectivity index (χ2v) is 6.18. The van der Waals surface area contributed by atoms with Gasteiger partial charge in [-0.3, -0.25) is 4.79 Å². The molecule has 5 heteroatoms. The van der Waals surface area contributed by atoms with Crippen LogP contribution in [0.1, 0.15) is 44.9 Å². The van der Waals surface area contributed by atoms with Crippen LogP contribution in [-0.2, 0) is 4.79 Å². The van der Waals surface area contributed by atoms with Gasteiger partial charge in [-0.15, -0.1) is 0 Å². The molecular weight excluding hydrogens is 230 g/mol. The number of nitrogens with one attached hydrogen (secondary N) is 1. The van der Waals surface area contributed by atoms with Crippen molar-refractivity contribution in [3.63, 3.8) is 0 Å². The lowest BCUT2D eigenvalue weighted by atomic mass is 9.67. The summed E-state index contributed by atoms with van der Waals surface area (Å²) in [6.45, 7) is 0. The number of oxime groups is 1. The fourth-order valence-corrected chi connectivity index (χ4v) is 3.95. The molecule has 3 saturated carbocycles. The second-order valence-electron chi connectivity index (χ2n) is 6.18. The van der Waals surface area contributed by atoms with Crippen LogP contribution in [0.5, 0.6) is 0 Å². The Morgan fingerprint density at radius 1 is 1.33 bits per heavy atom. The standard InChI is InChI=1S/C13H21N3O2/c14-11(16-18)13(4-1-5-13)12(17)15-10-7-8-2-3-9(10)6-8/h8-10,18H,1-7H2,(H2,14,16)(H,15,17). The van der Waals surface area contributed by atoms with Crippen LogP contribution in [0.3, 0.4) is 0 Å². The van der Waals surface area contributed by atoms with Gasteiger partial charge in [0.25, 0.3) is 0 Å². The van der Waals surface area contributed by atoms with E-state index >= 15 is 0 Å². The maximum absolute atomic E-state index is 12.4. The van der Waals surface area contributed by atoms with E-state index in [1.54, 1.807) is 0 Å². The van der Waals surface area contributed by atoms with Crippen LogP contribution in [0.2, 0.25) is 0 Å². The van der Waals surface area contributed by atoms with E-state index in [0.29, 0.717) is 24.8 Å². The zero-order valence-corrected chi connectivity index (χ0v) is 10.6. The number of carbonyl (C=O) groups excluding carboxylic acids is 1. The van der Waals surface area contributed by atoms with E-state index in [2.05, 4.69) is 10.5 Å². The van der Waals surface area contributed by atoms with E-state index < -0.39 is 5.41 Å². The molecule has 0 radical (unpaired) electrons. The zero-order chi connectivity index (χ0) is 12.8. The van der Waals surface area contributed by atoms with Crippen molar-refractivity contribution >= 4 is 11.7 Å². The first-order valence-corrected chi connectivity index (χ1v) is 6.95. The average molecular weight is 251 g/mol. The molecule has 100 valence electrons. The largest absolute Gasteiger partial charge is 0.409 e. The van der Waals surface area contributed by atoms with Crippen LogP contribution in [0.25, 0.3) is 0 Å². The Labute approximate surface area is 107 Å². The van der Waals surface area contributed by atoms with Crippen molar-refractivity contribution in [2.24, 2.45) is 28.1 Å². The normalized spacial score (nSPS) is 37.3. The van der Waals surface area contributed by atoms with E-state index in [9.17, 15) is 4.79 Å². The topological polar surface area (TPSA) is 87.7 Å². The Balaban J connectivity index is 1.67. The van der Waals surface area contributed by atoms with Gasteiger partial charge in [-0.1, -0.05) is 18.0 Å². The van der Waals surface area contributed by atoms with Crippen molar-refractivity contribution in [1.82, 2.24) is 5.32 Å². The molecule has 1 amide bonds. The first kappa shape index (κ1) is 11.8. The van der Waals surface area contributed by atoms with Crippen LogP contribution in [0.15, 0.2) is 5.16 Å². The van der Waals surface area contributed by atoms with Crippen molar-refractivity contribution in [3.8, 4) is 0 Å². The van der Waals surface area contributed by atoms with Gasteiger partial charge in [0, 0.05) is 6.04 Å². The van der Waals surface area contributed by atoms with Gasteiger partial charge in [0.1, 0.15) is 5.41 Å². The van der Waals surface area contributed by atoms with Gasteiger partial charge >= 0.3 is 0 Å². The fraction of sp³-hybridized carbons (Fsp3) is 0.846. The summed E-state index contributed by atoms with van der Waals surface area (Å²) in [5.74, 6) is 1.51. The predicted octanol–water partition coefficient (Wildman–Crippen LogP) is 1.21. The Kier molecular flexibility index (Phi) is 2.72. The molecule has 0 heterocycles. The third-order valence-electron chi connectivity index (χ3n) is 5.29. The van der Waals surface area contributed by atoms with Crippen LogP contribution in [0.4, 0.5) is 0 Å². The molecule has 3 fully saturated rings. The van der Waals surface area contributed by atoms with E-state index in [-0.39, 0.29) is 11.7 Å². The van der Waals surface area contributed by atoms with E-state index in [1.165, 1.54) is 19.3 Å². The summed E-state index contributed by atoms with van der Waals surface area (Å²) >= 11 is 0. The number of fused-ring (bicyclic) bond motifs is 2. The maximum Gasteiger partial charge on any atom is 0.234 e. The molecule has 3 atom stereocenters. The van der Waals surface area contributed by atoms with Crippen molar-refractivity contribution in [2.75, 3.05) is 0 Å². The Morgan fingerprint density at radius 2 is 2.11 bits per heavy atom. The SMILES string of the molecule is NC(=NO)C1(C(=O)NC2CC3CCC2C3)CCC1. The number of amidine groups is 1. The molecule has 3 aliphatic carbocycles. The highest BCUT2D eigenvalue weighted by atomic mass is 16.4. The maximum atomic E-state index is 12.4. The molecule has 2 bridgehead atoms. The number of nitrogens with zero attached hydrogens (tertiary/aromatic N) is 1. The van der Waals surface area contributed by atoms with Gasteiger partial charge in [-0.25, -0.2) is 0 Å². The predicted molar refractivity (Wildman–Crippen MR) is 67.1 cm³/mol. The zero-order valence-electron chi connectivity index (χ0n) is 10.6. The molecule has 3 aliphatic rings. The highest BCUT2D eigenvalue weighted by molar-refractivity contribution is 6.07. The summed E-state index contributed by atoms with van der Waals surface area (Å²) in [5.41, 5.74) is 4.98. The molecule has 5 nitrogen and oxygen atoms in total. The molecular formula is C13H21N3O2. The molecule has 0 aromatic heterocycles. The van der Waals surface area contributed by atoms with Crippen LogP contribution in [-0.4, -0.2) is 23.0 Å². The fourth-order valence-electron chi connectivity index (χ4n) is 3.95. The summed E-state index contributed by atoms with van der Waals surface area (Å²) in [6, 6.07) is 0.320. The molecule has 0 aromatic carbocycles. The molecule has 3 unspecified atom stereocenters. The molecule has 0 aromatic rings. The first-order valence-electron chi connectivity index (χ1n) is 6.95. The van der Waals surface area contributed by atoms with Crippen molar-refractivity contribution in [2.45, 2.75) is 51.0 Å². The van der Waals surface area contributed by atoms with Crippen molar-refractivity contribution in [3.05, 3.63) is 0 Å². The molecule has 0 saturated heterocycles.